The van der Waals surface area contributed by atoms with Gasteiger partial charge < -0.3 is 10.3 Å². The van der Waals surface area contributed by atoms with Gasteiger partial charge in [-0.3, -0.25) is 4.68 Å². The molecule has 0 aliphatic heterocycles. The monoisotopic (exact) mass is 493 g/mol. The molecule has 5 rings (SSSR count). The summed E-state index contributed by atoms with van der Waals surface area (Å²) in [7, 11) is 1.90. The Bertz CT molecular complexity index is 1610. The van der Waals surface area contributed by atoms with Crippen LogP contribution in [0.2, 0.25) is 0 Å². The van der Waals surface area contributed by atoms with Gasteiger partial charge in [-0.15, -0.1) is 5.10 Å². The Hall–Kier alpha value is -4.50. The molecule has 9 nitrogen and oxygen atoms in total. The summed E-state index contributed by atoms with van der Waals surface area (Å²) in [5.74, 6) is 6.75. The number of nitrogens with two attached hydrogens (primary N) is 2. The number of imidazole rings is 1. The second kappa shape index (κ2) is 9.87. The summed E-state index contributed by atoms with van der Waals surface area (Å²) in [6.07, 6.45) is 4.67. The van der Waals surface area contributed by atoms with Gasteiger partial charge in [0.15, 0.2) is 11.5 Å². The largest absolute Gasteiger partial charge is 0.382 e. The van der Waals surface area contributed by atoms with Crippen molar-refractivity contribution in [3.05, 3.63) is 89.1 Å². The Kier molecular flexibility index (Phi) is 6.45. The number of aryl methyl sites for hydroxylation is 4. The first-order valence-corrected chi connectivity index (χ1v) is 12.2. The van der Waals surface area contributed by atoms with E-state index in [1.165, 1.54) is 0 Å². The first kappa shape index (κ1) is 24.2. The number of pyridine rings is 1. The molecule has 37 heavy (non-hydrogen) atoms. The summed E-state index contributed by atoms with van der Waals surface area (Å²) in [5.41, 5.74) is 18.6. The minimum absolute atomic E-state index is 0.314. The highest BCUT2D eigenvalue weighted by Crippen LogP contribution is 2.30. The van der Waals surface area contributed by atoms with Crippen molar-refractivity contribution in [2.75, 3.05) is 0 Å². The van der Waals surface area contributed by atoms with Crippen LogP contribution >= 0.6 is 0 Å². The Balaban J connectivity index is 1.54. The Labute approximate surface area is 215 Å². The summed E-state index contributed by atoms with van der Waals surface area (Å²) in [5, 5.41) is 8.31. The number of nitrogens with one attached hydrogen (secondary N) is 1. The zero-order valence-corrected chi connectivity index (χ0v) is 21.5. The highest BCUT2D eigenvalue weighted by Gasteiger charge is 2.15. The van der Waals surface area contributed by atoms with E-state index in [9.17, 15) is 0 Å². The van der Waals surface area contributed by atoms with Crippen molar-refractivity contribution in [2.24, 2.45) is 23.7 Å². The number of benzene rings is 2. The maximum Gasteiger partial charge on any atom is 0.160 e. The van der Waals surface area contributed by atoms with Crippen LogP contribution in [-0.2, 0) is 20.0 Å². The van der Waals surface area contributed by atoms with Crippen LogP contribution in [0.15, 0.2) is 66.0 Å². The number of hydrogen-bond acceptors (Lipinski definition) is 6. The molecule has 0 saturated carbocycles. The predicted molar refractivity (Wildman–Crippen MR) is 148 cm³/mol. The molecule has 0 aliphatic carbocycles. The van der Waals surface area contributed by atoms with E-state index in [1.807, 2.05) is 38.5 Å². The van der Waals surface area contributed by atoms with E-state index >= 15 is 0 Å². The smallest absolute Gasteiger partial charge is 0.160 e. The average Bonchev–Trinajstić information content (AvgIpc) is 3.48. The molecule has 3 heterocycles. The van der Waals surface area contributed by atoms with Crippen LogP contribution in [0.5, 0.6) is 0 Å². The molecule has 0 aliphatic rings. The number of aromatic nitrogens is 5. The van der Waals surface area contributed by atoms with E-state index in [2.05, 4.69) is 70.5 Å². The van der Waals surface area contributed by atoms with Crippen LogP contribution in [0, 0.1) is 13.8 Å². The van der Waals surface area contributed by atoms with Crippen molar-refractivity contribution in [3.63, 3.8) is 0 Å². The molecule has 0 spiro atoms. The van der Waals surface area contributed by atoms with Gasteiger partial charge in [0, 0.05) is 36.5 Å². The highest BCUT2D eigenvalue weighted by molar-refractivity contribution is 6.04. The third-order valence-electron chi connectivity index (χ3n) is 6.54. The maximum atomic E-state index is 6.24. The van der Waals surface area contributed by atoms with Gasteiger partial charge in [-0.2, -0.15) is 5.10 Å². The normalized spacial score (nSPS) is 11.9. The van der Waals surface area contributed by atoms with Crippen LogP contribution in [0.4, 0.5) is 0 Å². The lowest BCUT2D eigenvalue weighted by Gasteiger charge is -2.13. The minimum Gasteiger partial charge on any atom is -0.382 e. The first-order valence-electron chi connectivity index (χ1n) is 12.2. The summed E-state index contributed by atoms with van der Waals surface area (Å²) >= 11 is 0. The molecule has 3 aromatic heterocycles. The van der Waals surface area contributed by atoms with Crippen LogP contribution < -0.4 is 17.1 Å². The van der Waals surface area contributed by atoms with Crippen molar-refractivity contribution < 1.29 is 0 Å². The molecule has 0 amide bonds. The quantitative estimate of drug-likeness (QED) is 0.137. The number of amidine groups is 1. The molecule has 0 fully saturated rings. The van der Waals surface area contributed by atoms with Gasteiger partial charge in [0.2, 0.25) is 0 Å². The van der Waals surface area contributed by atoms with Gasteiger partial charge in [-0.1, -0.05) is 37.3 Å². The molecule has 0 atom stereocenters. The summed E-state index contributed by atoms with van der Waals surface area (Å²) in [4.78, 5) is 9.68. The minimum atomic E-state index is 0.314. The summed E-state index contributed by atoms with van der Waals surface area (Å²) < 4.78 is 4.00. The van der Waals surface area contributed by atoms with Gasteiger partial charge >= 0.3 is 0 Å². The van der Waals surface area contributed by atoms with Gasteiger partial charge in [-0.25, -0.2) is 21.3 Å². The van der Waals surface area contributed by atoms with E-state index in [-0.39, 0.29) is 0 Å². The van der Waals surface area contributed by atoms with Crippen LogP contribution in [0.3, 0.4) is 0 Å². The lowest BCUT2D eigenvalue weighted by Crippen LogP contribution is -2.23. The Morgan fingerprint density at radius 3 is 2.43 bits per heavy atom. The van der Waals surface area contributed by atoms with Gasteiger partial charge in [0.05, 0.1) is 12.7 Å². The fourth-order valence-corrected chi connectivity index (χ4v) is 4.74. The molecular formula is C28H31N9. The standard InChI is InChI=1S/C28H31N9/c1-5-25-33-26-17(2)12-18(3)32-28(26)37(25)15-19-6-8-20(9-7-19)24-13-21(22-14-31-36(4)16-22)10-11-23(24)27(29)34-35-30/h6-14,16,35H,5,15,30H2,1-4H3,(H2,29,34). The van der Waals surface area contributed by atoms with Crippen molar-refractivity contribution >= 4 is 17.0 Å². The average molecular weight is 494 g/mol. The van der Waals surface area contributed by atoms with Crippen LogP contribution in [-0.4, -0.2) is 30.2 Å². The van der Waals surface area contributed by atoms with Gasteiger partial charge in [-0.05, 0) is 59.9 Å². The van der Waals surface area contributed by atoms with Crippen molar-refractivity contribution in [1.82, 2.24) is 29.9 Å². The van der Waals surface area contributed by atoms with Gasteiger partial charge in [0.25, 0.3) is 0 Å². The first-order chi connectivity index (χ1) is 17.9. The summed E-state index contributed by atoms with van der Waals surface area (Å²) in [6.45, 7) is 6.94. The number of hydrazine groups is 1. The third kappa shape index (κ3) is 4.68. The van der Waals surface area contributed by atoms with E-state index in [1.54, 1.807) is 4.68 Å². The molecule has 0 saturated heterocycles. The molecule has 9 heteroatoms. The zero-order chi connectivity index (χ0) is 26.1. The Morgan fingerprint density at radius 1 is 1.00 bits per heavy atom. The van der Waals surface area contributed by atoms with Gasteiger partial charge in [0.1, 0.15) is 11.3 Å². The molecule has 0 unspecified atom stereocenters. The molecule has 5 aromatic rings. The number of hydrazone groups is 1. The fraction of sp³-hybridized carbons (Fsp3) is 0.214. The van der Waals surface area contributed by atoms with E-state index in [4.69, 9.17) is 21.5 Å². The van der Waals surface area contributed by atoms with E-state index in [0.29, 0.717) is 12.4 Å². The number of nitrogens with zero attached hydrogens (tertiary/aromatic N) is 6. The fourth-order valence-electron chi connectivity index (χ4n) is 4.74. The van der Waals surface area contributed by atoms with Crippen molar-refractivity contribution in [3.8, 4) is 22.3 Å². The molecule has 0 radical (unpaired) electrons. The third-order valence-corrected chi connectivity index (χ3v) is 6.54. The number of rotatable bonds is 7. The molecule has 2 aromatic carbocycles. The SMILES string of the molecule is CCc1nc2c(C)cc(C)nc2n1Cc1ccc(-c2cc(-c3cnn(C)c3)ccc2/C(N)=N/NN)cc1. The lowest BCUT2D eigenvalue weighted by molar-refractivity contribution is 0.745. The topological polar surface area (TPSA) is 125 Å². The molecular weight excluding hydrogens is 462 g/mol. The molecule has 0 bridgehead atoms. The van der Waals surface area contributed by atoms with Crippen LogP contribution in [0.1, 0.15) is 35.1 Å². The zero-order valence-electron chi connectivity index (χ0n) is 21.5. The van der Waals surface area contributed by atoms with E-state index in [0.717, 1.165) is 68.0 Å². The number of hydrogen-bond donors (Lipinski definition) is 3. The second-order valence-electron chi connectivity index (χ2n) is 9.21. The van der Waals surface area contributed by atoms with Crippen molar-refractivity contribution in [1.29, 1.82) is 0 Å². The lowest BCUT2D eigenvalue weighted by atomic mass is 9.94. The van der Waals surface area contributed by atoms with Crippen LogP contribution in [0.25, 0.3) is 33.4 Å². The maximum absolute atomic E-state index is 6.24. The second-order valence-corrected chi connectivity index (χ2v) is 9.21. The predicted octanol–water partition coefficient (Wildman–Crippen LogP) is 3.81. The number of fused-ring (bicyclic) bond motifs is 1. The van der Waals surface area contributed by atoms with Crippen molar-refractivity contribution in [2.45, 2.75) is 33.7 Å². The van der Waals surface area contributed by atoms with E-state index < -0.39 is 0 Å². The summed E-state index contributed by atoms with van der Waals surface area (Å²) in [6, 6.07) is 16.7. The Morgan fingerprint density at radius 2 is 1.76 bits per heavy atom. The highest BCUT2D eigenvalue weighted by atomic mass is 15.5. The molecule has 188 valence electrons. The molecule has 5 N–H and O–H groups in total.